The highest BCUT2D eigenvalue weighted by Gasteiger charge is 2.12. The van der Waals surface area contributed by atoms with Crippen molar-refractivity contribution in [1.29, 1.82) is 0 Å². The highest BCUT2D eigenvalue weighted by atomic mass is 32.2. The smallest absolute Gasteiger partial charge is 0.179 e. The van der Waals surface area contributed by atoms with Crippen LogP contribution in [0.4, 0.5) is 5.69 Å². The van der Waals surface area contributed by atoms with E-state index in [1.54, 1.807) is 19.2 Å². The van der Waals surface area contributed by atoms with E-state index in [0.29, 0.717) is 4.90 Å². The second kappa shape index (κ2) is 6.59. The second-order valence-corrected chi connectivity index (χ2v) is 6.22. The summed E-state index contributed by atoms with van der Waals surface area (Å²) in [6, 6.07) is 1.65. The number of pyridine rings is 1. The molecule has 1 heterocycles. The third-order valence-electron chi connectivity index (χ3n) is 2.56. The molecular weight excluding hydrogens is 236 g/mol. The van der Waals surface area contributed by atoms with Gasteiger partial charge in [-0.3, -0.25) is 4.98 Å². The molecule has 1 aromatic heterocycles. The number of nitrogens with one attached hydrogen (secondary N) is 1. The van der Waals surface area contributed by atoms with Gasteiger partial charge in [-0.15, -0.1) is 0 Å². The van der Waals surface area contributed by atoms with Gasteiger partial charge in [-0.1, -0.05) is 26.7 Å². The number of sulfone groups is 1. The van der Waals surface area contributed by atoms with Gasteiger partial charge >= 0.3 is 0 Å². The fourth-order valence-corrected chi connectivity index (χ4v) is 2.32. The molecule has 4 nitrogen and oxygen atoms in total. The maximum absolute atomic E-state index is 11.7. The number of aromatic nitrogens is 1. The van der Waals surface area contributed by atoms with Gasteiger partial charge in [-0.25, -0.2) is 8.42 Å². The summed E-state index contributed by atoms with van der Waals surface area (Å²) in [5.41, 5.74) is 0.774. The highest BCUT2D eigenvalue weighted by molar-refractivity contribution is 7.91. The third-order valence-corrected chi connectivity index (χ3v) is 4.26. The van der Waals surface area contributed by atoms with Crippen molar-refractivity contribution in [1.82, 2.24) is 4.98 Å². The van der Waals surface area contributed by atoms with E-state index in [9.17, 15) is 8.42 Å². The molecule has 0 aliphatic heterocycles. The van der Waals surface area contributed by atoms with E-state index in [2.05, 4.69) is 17.2 Å². The first-order valence-corrected chi connectivity index (χ1v) is 7.67. The van der Waals surface area contributed by atoms with Crippen LogP contribution in [-0.4, -0.2) is 25.7 Å². The summed E-state index contributed by atoms with van der Waals surface area (Å²) in [6.07, 6.45) is 6.48. The van der Waals surface area contributed by atoms with E-state index in [4.69, 9.17) is 0 Å². The lowest BCUT2D eigenvalue weighted by Crippen LogP contribution is -2.06. The van der Waals surface area contributed by atoms with Gasteiger partial charge in [-0.05, 0) is 12.5 Å². The Morgan fingerprint density at radius 2 is 2.00 bits per heavy atom. The molecule has 0 amide bonds. The fourth-order valence-electron chi connectivity index (χ4n) is 1.46. The lowest BCUT2D eigenvalue weighted by molar-refractivity contribution is 0.597. The van der Waals surface area contributed by atoms with Crippen LogP contribution in [0, 0.1) is 0 Å². The molecule has 0 unspecified atom stereocenters. The van der Waals surface area contributed by atoms with Crippen LogP contribution in [0.1, 0.15) is 33.1 Å². The molecule has 0 saturated heterocycles. The van der Waals surface area contributed by atoms with Crippen molar-refractivity contribution < 1.29 is 8.42 Å². The van der Waals surface area contributed by atoms with Crippen LogP contribution in [0.2, 0.25) is 0 Å². The summed E-state index contributed by atoms with van der Waals surface area (Å²) in [4.78, 5) is 4.25. The Kier molecular flexibility index (Phi) is 5.41. The molecule has 0 fully saturated rings. The van der Waals surface area contributed by atoms with Gasteiger partial charge in [0, 0.05) is 12.7 Å². The van der Waals surface area contributed by atoms with E-state index in [-0.39, 0.29) is 5.75 Å². The minimum Gasteiger partial charge on any atom is -0.384 e. The van der Waals surface area contributed by atoms with Crippen LogP contribution in [-0.2, 0) is 9.84 Å². The van der Waals surface area contributed by atoms with Crippen LogP contribution < -0.4 is 5.32 Å². The van der Waals surface area contributed by atoms with Gasteiger partial charge in [0.1, 0.15) is 0 Å². The number of unbranched alkanes of at least 4 members (excludes halogenated alkanes) is 2. The minimum atomic E-state index is -3.16. The van der Waals surface area contributed by atoms with Crippen molar-refractivity contribution in [2.24, 2.45) is 0 Å². The topological polar surface area (TPSA) is 59.1 Å². The Hall–Kier alpha value is -1.10. The predicted molar refractivity (Wildman–Crippen MR) is 70.0 cm³/mol. The summed E-state index contributed by atoms with van der Waals surface area (Å²) in [5.74, 6) is 0.105. The maximum Gasteiger partial charge on any atom is 0.179 e. The first-order chi connectivity index (χ1) is 8.10. The van der Waals surface area contributed by atoms with Crippen molar-refractivity contribution in [3.05, 3.63) is 18.5 Å². The van der Waals surface area contributed by atoms with Gasteiger partial charge < -0.3 is 5.32 Å². The molecule has 0 saturated carbocycles. The monoisotopic (exact) mass is 256 g/mol. The van der Waals surface area contributed by atoms with Gasteiger partial charge in [0.2, 0.25) is 0 Å². The largest absolute Gasteiger partial charge is 0.384 e. The molecule has 5 heteroatoms. The van der Waals surface area contributed by atoms with Crippen molar-refractivity contribution in [2.75, 3.05) is 17.6 Å². The van der Waals surface area contributed by atoms with Gasteiger partial charge in [0.05, 0.1) is 22.5 Å². The molecule has 1 aromatic rings. The van der Waals surface area contributed by atoms with Crippen molar-refractivity contribution in [3.8, 4) is 0 Å². The molecule has 0 aliphatic carbocycles. The predicted octanol–water partition coefficient (Wildman–Crippen LogP) is 2.48. The number of hydrogen-bond donors (Lipinski definition) is 1. The summed E-state index contributed by atoms with van der Waals surface area (Å²) in [5, 5.41) is 3.19. The lowest BCUT2D eigenvalue weighted by Gasteiger charge is -2.07. The van der Waals surface area contributed by atoms with E-state index in [1.165, 1.54) is 19.0 Å². The number of nitrogens with zero attached hydrogens (tertiary/aromatic N) is 1. The molecule has 0 radical (unpaired) electrons. The third kappa shape index (κ3) is 4.34. The zero-order valence-electron chi connectivity index (χ0n) is 10.4. The summed E-state index contributed by atoms with van der Waals surface area (Å²) < 4.78 is 23.3. The van der Waals surface area contributed by atoms with Crippen molar-refractivity contribution >= 4 is 15.5 Å². The first kappa shape index (κ1) is 14.0. The van der Waals surface area contributed by atoms with Crippen molar-refractivity contribution in [2.45, 2.75) is 38.0 Å². The molecule has 0 aromatic carbocycles. The number of anilines is 1. The highest BCUT2D eigenvalue weighted by Crippen LogP contribution is 2.14. The average molecular weight is 256 g/mol. The van der Waals surface area contributed by atoms with Crippen molar-refractivity contribution in [3.63, 3.8) is 0 Å². The first-order valence-electron chi connectivity index (χ1n) is 6.01. The van der Waals surface area contributed by atoms with Crippen LogP contribution in [0.5, 0.6) is 0 Å². The minimum absolute atomic E-state index is 0.105. The Morgan fingerprint density at radius 3 is 2.65 bits per heavy atom. The second-order valence-electron chi connectivity index (χ2n) is 3.95. The SMILES string of the molecule is CCCCCNc1cncc(S(=O)(=O)CC)c1. The molecule has 96 valence electrons. The standard InChI is InChI=1S/C12H20N2O2S/c1-3-5-6-7-14-11-8-12(10-13-9-11)17(15,16)4-2/h8-10,14H,3-7H2,1-2H3. The van der Waals surface area contributed by atoms with E-state index < -0.39 is 9.84 Å². The number of rotatable bonds is 7. The molecule has 17 heavy (non-hydrogen) atoms. The van der Waals surface area contributed by atoms with E-state index in [0.717, 1.165) is 18.7 Å². The molecule has 1 N–H and O–H groups in total. The van der Waals surface area contributed by atoms with E-state index >= 15 is 0 Å². The van der Waals surface area contributed by atoms with Crippen LogP contribution >= 0.6 is 0 Å². The fraction of sp³-hybridized carbons (Fsp3) is 0.583. The van der Waals surface area contributed by atoms with Crippen LogP contribution in [0.25, 0.3) is 0 Å². The van der Waals surface area contributed by atoms with Gasteiger partial charge in [-0.2, -0.15) is 0 Å². The quantitative estimate of drug-likeness (QED) is 0.761. The molecule has 1 rings (SSSR count). The molecule has 0 atom stereocenters. The zero-order chi connectivity index (χ0) is 12.7. The Morgan fingerprint density at radius 1 is 1.24 bits per heavy atom. The lowest BCUT2D eigenvalue weighted by atomic mass is 10.2. The Balaban J connectivity index is 2.67. The van der Waals surface area contributed by atoms with E-state index in [1.807, 2.05) is 0 Å². The number of hydrogen-bond acceptors (Lipinski definition) is 4. The summed E-state index contributed by atoms with van der Waals surface area (Å²) in [6.45, 7) is 4.64. The molecule has 0 bridgehead atoms. The van der Waals surface area contributed by atoms with Gasteiger partial charge in [0.25, 0.3) is 0 Å². The molecule has 0 spiro atoms. The van der Waals surface area contributed by atoms with Gasteiger partial charge in [0.15, 0.2) is 9.84 Å². The Labute approximate surface area is 103 Å². The summed E-state index contributed by atoms with van der Waals surface area (Å²) in [7, 11) is -3.16. The zero-order valence-corrected chi connectivity index (χ0v) is 11.3. The maximum atomic E-state index is 11.7. The molecule has 0 aliphatic rings. The average Bonchev–Trinajstić information content (AvgIpc) is 2.35. The molecular formula is C12H20N2O2S. The summed E-state index contributed by atoms with van der Waals surface area (Å²) >= 11 is 0. The van der Waals surface area contributed by atoms with Crippen LogP contribution in [0.3, 0.4) is 0 Å². The normalized spacial score (nSPS) is 11.4. The van der Waals surface area contributed by atoms with Crippen LogP contribution in [0.15, 0.2) is 23.4 Å². The Bertz CT molecular complexity index is 444.